The summed E-state index contributed by atoms with van der Waals surface area (Å²) in [6.07, 6.45) is 3.39. The first-order chi connectivity index (χ1) is 15.7. The first kappa shape index (κ1) is 23.5. The second-order valence-corrected chi connectivity index (χ2v) is 11.5. The quantitative estimate of drug-likeness (QED) is 0.554. The fourth-order valence-corrected chi connectivity index (χ4v) is 5.84. The molecule has 33 heavy (non-hydrogen) atoms. The number of pyridine rings is 1. The highest BCUT2D eigenvalue weighted by atomic mass is 35.5. The Balaban J connectivity index is 1.34. The minimum absolute atomic E-state index is 0.0528. The van der Waals surface area contributed by atoms with Gasteiger partial charge in [-0.05, 0) is 73.9 Å². The average Bonchev–Trinajstić information content (AvgIpc) is 2.79. The van der Waals surface area contributed by atoms with Crippen LogP contribution in [-0.2, 0) is 14.6 Å². The molecule has 8 heteroatoms. The third kappa shape index (κ3) is 5.47. The molecule has 2 aromatic carbocycles. The van der Waals surface area contributed by atoms with Crippen LogP contribution in [-0.4, -0.2) is 43.7 Å². The number of hydrogen-bond acceptors (Lipinski definition) is 5. The zero-order valence-electron chi connectivity index (χ0n) is 18.8. The van der Waals surface area contributed by atoms with Gasteiger partial charge in [-0.2, -0.15) is 0 Å². The number of piperidine rings is 1. The lowest BCUT2D eigenvalue weighted by molar-refractivity contribution is -0.121. The van der Waals surface area contributed by atoms with E-state index >= 15 is 0 Å². The predicted molar refractivity (Wildman–Crippen MR) is 133 cm³/mol. The van der Waals surface area contributed by atoms with Crippen molar-refractivity contribution in [2.75, 3.05) is 18.0 Å². The van der Waals surface area contributed by atoms with Crippen LogP contribution in [0.15, 0.2) is 59.6 Å². The number of halogens is 1. The van der Waals surface area contributed by atoms with Crippen LogP contribution in [0.3, 0.4) is 0 Å². The topological polar surface area (TPSA) is 79.4 Å². The van der Waals surface area contributed by atoms with Gasteiger partial charge in [-0.25, -0.2) is 8.42 Å². The van der Waals surface area contributed by atoms with Crippen molar-refractivity contribution in [3.8, 4) is 0 Å². The van der Waals surface area contributed by atoms with E-state index in [-0.39, 0.29) is 23.3 Å². The Labute approximate surface area is 199 Å². The van der Waals surface area contributed by atoms with Gasteiger partial charge in [0.1, 0.15) is 0 Å². The van der Waals surface area contributed by atoms with Crippen molar-refractivity contribution < 1.29 is 13.2 Å². The van der Waals surface area contributed by atoms with E-state index in [9.17, 15) is 13.2 Å². The SMILES string of the molecule is Cc1cc(N2CCC(NC(=O)CC(C)S(=O)(=O)c3ccc4cc(Cl)ccc4c3)CC2)ccn1. The van der Waals surface area contributed by atoms with Gasteiger partial charge in [-0.15, -0.1) is 0 Å². The number of carbonyl (C=O) groups excluding carboxylic acids is 1. The minimum atomic E-state index is -3.63. The molecule has 0 radical (unpaired) electrons. The highest BCUT2D eigenvalue weighted by Gasteiger charge is 2.28. The summed E-state index contributed by atoms with van der Waals surface area (Å²) >= 11 is 6.01. The third-order valence-electron chi connectivity index (χ3n) is 6.21. The van der Waals surface area contributed by atoms with Crippen LogP contribution in [0.25, 0.3) is 10.8 Å². The molecule has 2 heterocycles. The number of rotatable bonds is 6. The van der Waals surface area contributed by atoms with E-state index < -0.39 is 15.1 Å². The molecule has 1 atom stereocenters. The highest BCUT2D eigenvalue weighted by molar-refractivity contribution is 7.92. The fraction of sp³-hybridized carbons (Fsp3) is 0.360. The molecular formula is C25H28ClN3O3S. The van der Waals surface area contributed by atoms with E-state index in [4.69, 9.17) is 11.6 Å². The van der Waals surface area contributed by atoms with E-state index in [0.29, 0.717) is 5.02 Å². The van der Waals surface area contributed by atoms with Crippen molar-refractivity contribution in [1.29, 1.82) is 0 Å². The summed E-state index contributed by atoms with van der Waals surface area (Å²) in [5, 5.41) is 4.49. The Bertz CT molecular complexity index is 1270. The van der Waals surface area contributed by atoms with E-state index in [0.717, 1.165) is 48.1 Å². The molecular weight excluding hydrogens is 458 g/mol. The Morgan fingerprint density at radius 1 is 1.12 bits per heavy atom. The fourth-order valence-electron chi connectivity index (χ4n) is 4.27. The first-order valence-electron chi connectivity index (χ1n) is 11.1. The standard InChI is InChI=1S/C25H28ClN3O3S/c1-17-13-23(7-10-27-17)29-11-8-22(9-12-29)28-25(30)14-18(2)33(31,32)24-6-4-19-15-21(26)5-3-20(19)16-24/h3-7,10,13,15-16,18,22H,8-9,11-12,14H2,1-2H3,(H,28,30). The maximum Gasteiger partial charge on any atom is 0.221 e. The van der Waals surface area contributed by atoms with Crippen LogP contribution in [0.1, 0.15) is 31.9 Å². The van der Waals surface area contributed by atoms with E-state index in [1.165, 1.54) is 0 Å². The van der Waals surface area contributed by atoms with Gasteiger partial charge < -0.3 is 10.2 Å². The van der Waals surface area contributed by atoms with Crippen molar-refractivity contribution in [2.45, 2.75) is 49.3 Å². The minimum Gasteiger partial charge on any atom is -0.371 e. The molecule has 1 aromatic heterocycles. The summed E-state index contributed by atoms with van der Waals surface area (Å²) in [4.78, 5) is 19.4. The summed E-state index contributed by atoms with van der Waals surface area (Å²) in [7, 11) is -3.63. The molecule has 174 valence electrons. The lowest BCUT2D eigenvalue weighted by Gasteiger charge is -2.34. The number of fused-ring (bicyclic) bond motifs is 1. The van der Waals surface area contributed by atoms with Crippen LogP contribution in [0, 0.1) is 6.92 Å². The number of aryl methyl sites for hydroxylation is 1. The van der Waals surface area contributed by atoms with Crippen molar-refractivity contribution >= 4 is 43.8 Å². The average molecular weight is 486 g/mol. The molecule has 1 aliphatic heterocycles. The summed E-state index contributed by atoms with van der Waals surface area (Å²) in [6.45, 7) is 5.24. The van der Waals surface area contributed by atoms with Crippen molar-refractivity contribution in [3.05, 3.63) is 65.4 Å². The number of hydrogen-bond donors (Lipinski definition) is 1. The second kappa shape index (κ2) is 9.69. The van der Waals surface area contributed by atoms with Gasteiger partial charge in [0.2, 0.25) is 5.91 Å². The number of sulfone groups is 1. The molecule has 1 unspecified atom stereocenters. The molecule has 0 bridgehead atoms. The van der Waals surface area contributed by atoms with Crippen LogP contribution < -0.4 is 10.2 Å². The summed E-state index contributed by atoms with van der Waals surface area (Å²) < 4.78 is 26.2. The van der Waals surface area contributed by atoms with Crippen LogP contribution in [0.5, 0.6) is 0 Å². The Morgan fingerprint density at radius 3 is 2.55 bits per heavy atom. The number of benzene rings is 2. The summed E-state index contributed by atoms with van der Waals surface area (Å²) in [5.74, 6) is -0.225. The monoisotopic (exact) mass is 485 g/mol. The van der Waals surface area contributed by atoms with Gasteiger partial charge >= 0.3 is 0 Å². The van der Waals surface area contributed by atoms with Gasteiger partial charge in [-0.1, -0.05) is 23.7 Å². The molecule has 0 aliphatic carbocycles. The number of amides is 1. The molecule has 0 spiro atoms. The van der Waals surface area contributed by atoms with Crippen molar-refractivity contribution in [1.82, 2.24) is 10.3 Å². The van der Waals surface area contributed by atoms with Crippen LogP contribution in [0.2, 0.25) is 5.02 Å². The van der Waals surface area contributed by atoms with Gasteiger partial charge in [0.15, 0.2) is 9.84 Å². The number of nitrogens with one attached hydrogen (secondary N) is 1. The van der Waals surface area contributed by atoms with Gasteiger partial charge in [0.05, 0.1) is 10.1 Å². The van der Waals surface area contributed by atoms with E-state index in [1.807, 2.05) is 19.2 Å². The number of carbonyl (C=O) groups is 1. The predicted octanol–water partition coefficient (Wildman–Crippen LogP) is 4.53. The number of anilines is 1. The normalized spacial score (nSPS) is 16.0. The second-order valence-electron chi connectivity index (χ2n) is 8.70. The largest absolute Gasteiger partial charge is 0.371 e. The first-order valence-corrected chi connectivity index (χ1v) is 13.0. The Morgan fingerprint density at radius 2 is 1.82 bits per heavy atom. The van der Waals surface area contributed by atoms with Crippen LogP contribution >= 0.6 is 11.6 Å². The molecule has 0 saturated carbocycles. The lowest BCUT2D eigenvalue weighted by Crippen LogP contribution is -2.45. The molecule has 4 rings (SSSR count). The lowest BCUT2D eigenvalue weighted by atomic mass is 10.0. The summed E-state index contributed by atoms with van der Waals surface area (Å²) in [5.41, 5.74) is 2.12. The molecule has 1 saturated heterocycles. The number of aromatic nitrogens is 1. The zero-order valence-corrected chi connectivity index (χ0v) is 20.4. The van der Waals surface area contributed by atoms with Crippen molar-refractivity contribution in [2.24, 2.45) is 0 Å². The molecule has 3 aromatic rings. The van der Waals surface area contributed by atoms with Gasteiger partial charge in [0, 0.05) is 48.2 Å². The molecule has 1 fully saturated rings. The van der Waals surface area contributed by atoms with Gasteiger partial charge in [-0.3, -0.25) is 9.78 Å². The molecule has 6 nitrogen and oxygen atoms in total. The number of nitrogens with zero attached hydrogens (tertiary/aromatic N) is 2. The summed E-state index contributed by atoms with van der Waals surface area (Å²) in [6, 6.07) is 14.4. The smallest absolute Gasteiger partial charge is 0.221 e. The van der Waals surface area contributed by atoms with Crippen LogP contribution in [0.4, 0.5) is 5.69 Å². The Kier molecular flexibility index (Phi) is 6.91. The molecule has 1 amide bonds. The maximum atomic E-state index is 13.1. The van der Waals surface area contributed by atoms with Crippen molar-refractivity contribution in [3.63, 3.8) is 0 Å². The highest BCUT2D eigenvalue weighted by Crippen LogP contribution is 2.26. The Hall–Kier alpha value is -2.64. The maximum absolute atomic E-state index is 13.1. The van der Waals surface area contributed by atoms with Gasteiger partial charge in [0.25, 0.3) is 0 Å². The van der Waals surface area contributed by atoms with E-state index in [1.54, 1.807) is 43.3 Å². The molecule has 1 N–H and O–H groups in total. The third-order valence-corrected chi connectivity index (χ3v) is 8.58. The van der Waals surface area contributed by atoms with E-state index in [2.05, 4.69) is 21.3 Å². The molecule has 1 aliphatic rings. The zero-order chi connectivity index (χ0) is 23.6.